The smallest absolute Gasteiger partial charge is 0.149 e. The molecule has 0 aliphatic rings. The Morgan fingerprint density at radius 2 is 2.17 bits per heavy atom. The van der Waals surface area contributed by atoms with Crippen LogP contribution >= 0.6 is 12.2 Å². The lowest BCUT2D eigenvalue weighted by Crippen LogP contribution is -2.27. The van der Waals surface area contributed by atoms with Gasteiger partial charge in [0, 0.05) is 18.0 Å². The zero-order valence-electron chi connectivity index (χ0n) is 10.6. The van der Waals surface area contributed by atoms with E-state index in [1.54, 1.807) is 19.1 Å². The molecule has 1 unspecified atom stereocenters. The van der Waals surface area contributed by atoms with Crippen LogP contribution in [0.2, 0.25) is 0 Å². The lowest BCUT2D eigenvalue weighted by Gasteiger charge is -2.16. The minimum atomic E-state index is -3.04. The van der Waals surface area contributed by atoms with Crippen molar-refractivity contribution in [3.8, 4) is 0 Å². The van der Waals surface area contributed by atoms with Crippen molar-refractivity contribution in [1.29, 1.82) is 0 Å². The van der Waals surface area contributed by atoms with Gasteiger partial charge in [-0.2, -0.15) is 0 Å². The third-order valence-electron chi connectivity index (χ3n) is 2.24. The minimum Gasteiger partial charge on any atom is -0.389 e. The molecule has 3 N–H and O–H groups in total. The van der Waals surface area contributed by atoms with Crippen LogP contribution in [0.1, 0.15) is 18.2 Å². The van der Waals surface area contributed by atoms with Crippen molar-refractivity contribution < 1.29 is 8.42 Å². The molecule has 0 saturated heterocycles. The minimum absolute atomic E-state index is 0.0272. The van der Waals surface area contributed by atoms with Gasteiger partial charge in [0.05, 0.1) is 11.3 Å². The van der Waals surface area contributed by atoms with Gasteiger partial charge >= 0.3 is 0 Å². The predicted octanol–water partition coefficient (Wildman–Crippen LogP) is 0.869. The predicted molar refractivity (Wildman–Crippen MR) is 77.7 cm³/mol. The number of hydrogen-bond acceptors (Lipinski definition) is 5. The fraction of sp³-hybridized carbons (Fsp3) is 0.455. The molecule has 0 aliphatic carbocycles. The molecule has 0 fully saturated rings. The normalized spacial score (nSPS) is 13.1. The van der Waals surface area contributed by atoms with E-state index in [4.69, 9.17) is 18.0 Å². The summed E-state index contributed by atoms with van der Waals surface area (Å²) in [6.07, 6.45) is 1.20. The summed E-state index contributed by atoms with van der Waals surface area (Å²) in [7, 11) is -3.04. The van der Waals surface area contributed by atoms with Crippen molar-refractivity contribution in [2.75, 3.05) is 17.3 Å². The maximum absolute atomic E-state index is 11.2. The molecule has 0 spiro atoms. The fourth-order valence-corrected chi connectivity index (χ4v) is 2.75. The molecule has 7 heteroatoms. The Kier molecular flexibility index (Phi) is 4.64. The number of aromatic nitrogens is 1. The van der Waals surface area contributed by atoms with Gasteiger partial charge in [0.1, 0.15) is 20.6 Å². The summed E-state index contributed by atoms with van der Waals surface area (Å²) in [5.41, 5.74) is 7.03. The van der Waals surface area contributed by atoms with Gasteiger partial charge in [0.25, 0.3) is 0 Å². The fourth-order valence-electron chi connectivity index (χ4n) is 1.59. The molecule has 0 aromatic carbocycles. The number of anilines is 1. The van der Waals surface area contributed by atoms with Gasteiger partial charge in [-0.15, -0.1) is 0 Å². The summed E-state index contributed by atoms with van der Waals surface area (Å²) >= 11 is 4.93. The van der Waals surface area contributed by atoms with Gasteiger partial charge in [0.2, 0.25) is 0 Å². The summed E-state index contributed by atoms with van der Waals surface area (Å²) in [5, 5.41) is 3.03. The number of rotatable bonds is 5. The molecule has 0 amide bonds. The summed E-state index contributed by atoms with van der Waals surface area (Å²) in [4.78, 5) is 4.52. The Balaban J connectivity index is 2.96. The molecule has 1 atom stereocenters. The van der Waals surface area contributed by atoms with Crippen LogP contribution in [0.4, 0.5) is 5.82 Å². The molecular weight excluding hydrogens is 270 g/mol. The van der Waals surface area contributed by atoms with E-state index in [1.807, 2.05) is 6.92 Å². The van der Waals surface area contributed by atoms with Gasteiger partial charge in [-0.3, -0.25) is 0 Å². The van der Waals surface area contributed by atoms with E-state index in [9.17, 15) is 8.42 Å². The number of nitrogens with zero attached hydrogens (tertiary/aromatic N) is 1. The van der Waals surface area contributed by atoms with Gasteiger partial charge in [-0.1, -0.05) is 12.2 Å². The Morgan fingerprint density at radius 3 is 2.67 bits per heavy atom. The molecule has 1 rings (SSSR count). The molecule has 0 bridgehead atoms. The molecular formula is C11H17N3O2S2. The van der Waals surface area contributed by atoms with Crippen LogP contribution in [0.25, 0.3) is 0 Å². The van der Waals surface area contributed by atoms with E-state index in [2.05, 4.69) is 10.3 Å². The lowest BCUT2D eigenvalue weighted by atomic mass is 10.2. The molecule has 18 heavy (non-hydrogen) atoms. The number of pyridine rings is 1. The first kappa shape index (κ1) is 14.8. The van der Waals surface area contributed by atoms with E-state index in [-0.39, 0.29) is 16.8 Å². The van der Waals surface area contributed by atoms with E-state index in [1.165, 1.54) is 6.26 Å². The highest BCUT2D eigenvalue weighted by Gasteiger charge is 2.14. The topological polar surface area (TPSA) is 85.1 Å². The maximum atomic E-state index is 11.2. The first-order valence-corrected chi connectivity index (χ1v) is 7.87. The van der Waals surface area contributed by atoms with Crippen LogP contribution in [-0.4, -0.2) is 36.4 Å². The number of hydrogen-bond donors (Lipinski definition) is 2. The van der Waals surface area contributed by atoms with E-state index < -0.39 is 9.84 Å². The van der Waals surface area contributed by atoms with Crippen molar-refractivity contribution in [1.82, 2.24) is 4.98 Å². The maximum Gasteiger partial charge on any atom is 0.149 e. The number of thiocarbonyl (C=S) groups is 1. The summed E-state index contributed by atoms with van der Waals surface area (Å²) in [6, 6.07) is 3.32. The zero-order chi connectivity index (χ0) is 13.9. The van der Waals surface area contributed by atoms with Crippen LogP contribution in [-0.2, 0) is 9.84 Å². The number of nitrogens with one attached hydrogen (secondary N) is 1. The summed E-state index contributed by atoms with van der Waals surface area (Å²) < 4.78 is 22.4. The Morgan fingerprint density at radius 1 is 1.56 bits per heavy atom. The monoisotopic (exact) mass is 287 g/mol. The van der Waals surface area contributed by atoms with Crippen LogP contribution in [0.3, 0.4) is 0 Å². The van der Waals surface area contributed by atoms with Crippen LogP contribution < -0.4 is 11.1 Å². The highest BCUT2D eigenvalue weighted by Crippen LogP contribution is 2.14. The number of sulfone groups is 1. The third kappa shape index (κ3) is 4.58. The van der Waals surface area contributed by atoms with Crippen molar-refractivity contribution >= 4 is 32.9 Å². The Bertz CT molecular complexity index is 555. The highest BCUT2D eigenvalue weighted by molar-refractivity contribution is 7.90. The first-order chi connectivity index (χ1) is 8.19. The second-order valence-electron chi connectivity index (χ2n) is 4.35. The molecule has 5 nitrogen and oxygen atoms in total. The van der Waals surface area contributed by atoms with Gasteiger partial charge in [-0.05, 0) is 26.0 Å². The second-order valence-corrected chi connectivity index (χ2v) is 6.98. The zero-order valence-corrected chi connectivity index (χ0v) is 12.2. The average molecular weight is 287 g/mol. The standard InChI is InChI=1S/C11H17N3O2S2/c1-7-4-5-9(10(12)17)11(13-7)14-8(2)6-18(3,15)16/h4-5,8H,6H2,1-3H3,(H2,12,17)(H,13,14). The first-order valence-electron chi connectivity index (χ1n) is 5.41. The van der Waals surface area contributed by atoms with Crippen LogP contribution in [0.5, 0.6) is 0 Å². The molecule has 0 aliphatic heterocycles. The molecule has 1 aromatic rings. The SMILES string of the molecule is Cc1ccc(C(N)=S)c(NC(C)CS(C)(=O)=O)n1. The summed E-state index contributed by atoms with van der Waals surface area (Å²) in [5.74, 6) is 0.554. The van der Waals surface area contributed by atoms with Crippen molar-refractivity contribution in [3.05, 3.63) is 23.4 Å². The van der Waals surface area contributed by atoms with Crippen molar-refractivity contribution in [2.45, 2.75) is 19.9 Å². The molecule has 100 valence electrons. The van der Waals surface area contributed by atoms with E-state index in [0.29, 0.717) is 11.4 Å². The Labute approximate surface area is 113 Å². The Hall–Kier alpha value is -1.21. The molecule has 1 aromatic heterocycles. The van der Waals surface area contributed by atoms with Gasteiger partial charge < -0.3 is 11.1 Å². The van der Waals surface area contributed by atoms with E-state index in [0.717, 1.165) is 5.69 Å². The van der Waals surface area contributed by atoms with Crippen molar-refractivity contribution in [2.24, 2.45) is 5.73 Å². The third-order valence-corrected chi connectivity index (χ3v) is 3.56. The molecule has 0 saturated carbocycles. The van der Waals surface area contributed by atoms with Crippen LogP contribution in [0.15, 0.2) is 12.1 Å². The number of nitrogens with two attached hydrogens (primary N) is 1. The largest absolute Gasteiger partial charge is 0.389 e. The summed E-state index contributed by atoms with van der Waals surface area (Å²) in [6.45, 7) is 3.62. The second kappa shape index (κ2) is 5.62. The van der Waals surface area contributed by atoms with E-state index >= 15 is 0 Å². The lowest BCUT2D eigenvalue weighted by molar-refractivity contribution is 0.598. The quantitative estimate of drug-likeness (QED) is 0.782. The highest BCUT2D eigenvalue weighted by atomic mass is 32.2. The van der Waals surface area contributed by atoms with Gasteiger partial charge in [-0.25, -0.2) is 13.4 Å². The average Bonchev–Trinajstić information content (AvgIpc) is 2.13. The van der Waals surface area contributed by atoms with Crippen molar-refractivity contribution in [3.63, 3.8) is 0 Å². The number of aryl methyl sites for hydroxylation is 1. The molecule has 0 radical (unpaired) electrons. The van der Waals surface area contributed by atoms with Gasteiger partial charge in [0.15, 0.2) is 0 Å². The van der Waals surface area contributed by atoms with Crippen LogP contribution in [0, 0.1) is 6.92 Å². The molecule has 1 heterocycles.